The summed E-state index contributed by atoms with van der Waals surface area (Å²) in [6.07, 6.45) is 0. The third-order valence-electron chi connectivity index (χ3n) is 3.71. The van der Waals surface area contributed by atoms with Gasteiger partial charge in [-0.3, -0.25) is 0 Å². The Morgan fingerprint density at radius 2 is 2.00 bits per heavy atom. The first-order valence-corrected chi connectivity index (χ1v) is 9.35. The molecule has 1 aromatic carbocycles. The summed E-state index contributed by atoms with van der Waals surface area (Å²) in [6.45, 7) is 0.568. The average molecular weight is 400 g/mol. The van der Waals surface area contributed by atoms with Crippen molar-refractivity contribution in [2.24, 2.45) is 0 Å². The van der Waals surface area contributed by atoms with Crippen LogP contribution in [-0.4, -0.2) is 43.6 Å². The van der Waals surface area contributed by atoms with Gasteiger partial charge in [0.2, 0.25) is 5.88 Å². The summed E-state index contributed by atoms with van der Waals surface area (Å²) in [6, 6.07) is 12.3. The Bertz CT molecular complexity index is 901. The van der Waals surface area contributed by atoms with Gasteiger partial charge in [-0.1, -0.05) is 6.07 Å². The molecule has 0 fully saturated rings. The lowest BCUT2D eigenvalue weighted by Gasteiger charge is -2.12. The number of methoxy groups -OCH3 is 2. The molecule has 0 bridgehead atoms. The number of rotatable bonds is 8. The van der Waals surface area contributed by atoms with E-state index in [1.54, 1.807) is 42.7 Å². The number of anilines is 1. The van der Waals surface area contributed by atoms with Crippen LogP contribution in [0.4, 0.5) is 10.5 Å². The van der Waals surface area contributed by atoms with Crippen molar-refractivity contribution in [1.29, 1.82) is 0 Å². The predicted octanol–water partition coefficient (Wildman–Crippen LogP) is 3.42. The number of amides is 2. The van der Waals surface area contributed by atoms with Crippen LogP contribution in [0.1, 0.15) is 0 Å². The summed E-state index contributed by atoms with van der Waals surface area (Å²) in [4.78, 5) is 13.1. The molecule has 3 aromatic rings. The molecule has 0 saturated carbocycles. The molecule has 146 valence electrons. The van der Waals surface area contributed by atoms with E-state index in [-0.39, 0.29) is 12.6 Å². The topological polar surface area (TPSA) is 94.6 Å². The smallest absolute Gasteiger partial charge is 0.319 e. The van der Waals surface area contributed by atoms with E-state index in [0.717, 1.165) is 10.6 Å². The van der Waals surface area contributed by atoms with Gasteiger partial charge in [-0.15, -0.1) is 21.5 Å². The maximum atomic E-state index is 12.0. The second-order valence-electron chi connectivity index (χ2n) is 5.53. The zero-order valence-electron chi connectivity index (χ0n) is 15.5. The Morgan fingerprint density at radius 3 is 2.68 bits per heavy atom. The van der Waals surface area contributed by atoms with Crippen molar-refractivity contribution in [3.63, 3.8) is 0 Å². The molecule has 2 aromatic heterocycles. The molecule has 2 amide bonds. The number of hydrogen-bond acceptors (Lipinski definition) is 7. The van der Waals surface area contributed by atoms with Crippen LogP contribution < -0.4 is 24.8 Å². The second-order valence-corrected chi connectivity index (χ2v) is 6.48. The van der Waals surface area contributed by atoms with Crippen LogP contribution in [0.3, 0.4) is 0 Å². The number of benzene rings is 1. The highest BCUT2D eigenvalue weighted by atomic mass is 32.1. The van der Waals surface area contributed by atoms with E-state index >= 15 is 0 Å². The molecule has 2 heterocycles. The molecule has 0 saturated heterocycles. The van der Waals surface area contributed by atoms with E-state index in [9.17, 15) is 4.79 Å². The van der Waals surface area contributed by atoms with Gasteiger partial charge in [0.05, 0.1) is 31.3 Å². The Kier molecular flexibility index (Phi) is 6.64. The van der Waals surface area contributed by atoms with Gasteiger partial charge in [0, 0.05) is 12.1 Å². The minimum Gasteiger partial charge on any atom is -0.497 e. The van der Waals surface area contributed by atoms with Crippen molar-refractivity contribution < 1.29 is 19.0 Å². The van der Waals surface area contributed by atoms with E-state index in [2.05, 4.69) is 20.8 Å². The third-order valence-corrected chi connectivity index (χ3v) is 4.60. The Balaban J connectivity index is 1.43. The first-order valence-electron chi connectivity index (χ1n) is 8.47. The fourth-order valence-corrected chi connectivity index (χ4v) is 3.03. The summed E-state index contributed by atoms with van der Waals surface area (Å²) in [5.41, 5.74) is 1.34. The number of aromatic nitrogens is 2. The van der Waals surface area contributed by atoms with Gasteiger partial charge in [-0.05, 0) is 29.6 Å². The molecule has 9 heteroatoms. The molecule has 0 atom stereocenters. The SMILES string of the molecule is COc1ccc(NC(=O)NCCOc2ccc(-c3cccs3)nn2)c(OC)c1. The number of urea groups is 1. The number of nitrogens with one attached hydrogen (secondary N) is 2. The van der Waals surface area contributed by atoms with Gasteiger partial charge in [0.15, 0.2) is 0 Å². The Hall–Kier alpha value is -3.33. The lowest BCUT2D eigenvalue weighted by molar-refractivity contribution is 0.246. The van der Waals surface area contributed by atoms with Crippen LogP contribution in [0.2, 0.25) is 0 Å². The Labute approximate surface area is 166 Å². The van der Waals surface area contributed by atoms with Crippen LogP contribution in [0.5, 0.6) is 17.4 Å². The summed E-state index contributed by atoms with van der Waals surface area (Å²) >= 11 is 1.60. The van der Waals surface area contributed by atoms with Crippen LogP contribution in [0, 0.1) is 0 Å². The van der Waals surface area contributed by atoms with Crippen molar-refractivity contribution in [2.45, 2.75) is 0 Å². The second kappa shape index (κ2) is 9.56. The van der Waals surface area contributed by atoms with Crippen molar-refractivity contribution >= 4 is 23.1 Å². The number of nitrogens with zero attached hydrogens (tertiary/aromatic N) is 2. The van der Waals surface area contributed by atoms with Crippen molar-refractivity contribution in [3.05, 3.63) is 47.8 Å². The van der Waals surface area contributed by atoms with Gasteiger partial charge in [0.25, 0.3) is 0 Å². The molecule has 28 heavy (non-hydrogen) atoms. The molecule has 2 N–H and O–H groups in total. The highest BCUT2D eigenvalue weighted by Crippen LogP contribution is 2.28. The first kappa shape index (κ1) is 19.4. The molecular weight excluding hydrogens is 380 g/mol. The highest BCUT2D eigenvalue weighted by Gasteiger charge is 2.09. The molecular formula is C19H20N4O4S. The van der Waals surface area contributed by atoms with E-state index in [1.807, 2.05) is 23.6 Å². The number of carbonyl (C=O) groups is 1. The van der Waals surface area contributed by atoms with Crippen LogP contribution in [0.25, 0.3) is 10.6 Å². The van der Waals surface area contributed by atoms with Crippen molar-refractivity contribution in [2.75, 3.05) is 32.7 Å². The fourth-order valence-electron chi connectivity index (χ4n) is 2.34. The van der Waals surface area contributed by atoms with Gasteiger partial charge in [-0.25, -0.2) is 4.79 Å². The number of carbonyl (C=O) groups excluding carboxylic acids is 1. The molecule has 0 aliphatic carbocycles. The number of thiophene rings is 1. The molecule has 0 spiro atoms. The lowest BCUT2D eigenvalue weighted by Crippen LogP contribution is -2.32. The summed E-state index contributed by atoms with van der Waals surface area (Å²) in [5, 5.41) is 15.6. The monoisotopic (exact) mass is 400 g/mol. The van der Waals surface area contributed by atoms with Crippen LogP contribution >= 0.6 is 11.3 Å². The van der Waals surface area contributed by atoms with Crippen molar-refractivity contribution in [3.8, 4) is 28.0 Å². The molecule has 3 rings (SSSR count). The maximum Gasteiger partial charge on any atom is 0.319 e. The first-order chi connectivity index (χ1) is 13.7. The third kappa shape index (κ3) is 5.10. The van der Waals surface area contributed by atoms with Crippen LogP contribution in [-0.2, 0) is 0 Å². The van der Waals surface area contributed by atoms with Gasteiger partial charge < -0.3 is 24.8 Å². The normalized spacial score (nSPS) is 10.2. The molecule has 0 aliphatic heterocycles. The predicted molar refractivity (Wildman–Crippen MR) is 107 cm³/mol. The average Bonchev–Trinajstić information content (AvgIpc) is 3.27. The molecule has 8 nitrogen and oxygen atoms in total. The minimum atomic E-state index is -0.369. The summed E-state index contributed by atoms with van der Waals surface area (Å²) < 4.78 is 15.9. The standard InChI is InChI=1S/C19H20N4O4S/c1-25-13-5-6-14(16(12-13)26-2)21-19(24)20-9-10-27-18-8-7-15(22-23-18)17-4-3-11-28-17/h3-8,11-12H,9-10H2,1-2H3,(H2,20,21,24). The minimum absolute atomic E-state index is 0.264. The number of ether oxygens (including phenoxy) is 3. The van der Waals surface area contributed by atoms with E-state index in [1.165, 1.54) is 7.11 Å². The molecule has 0 aliphatic rings. The van der Waals surface area contributed by atoms with E-state index in [4.69, 9.17) is 14.2 Å². The van der Waals surface area contributed by atoms with Gasteiger partial charge in [-0.2, -0.15) is 0 Å². The summed E-state index contributed by atoms with van der Waals surface area (Å²) in [5.74, 6) is 1.55. The zero-order chi connectivity index (χ0) is 19.8. The fraction of sp³-hybridized carbons (Fsp3) is 0.211. The lowest BCUT2D eigenvalue weighted by atomic mass is 10.2. The number of hydrogen-bond donors (Lipinski definition) is 2. The Morgan fingerprint density at radius 1 is 1.11 bits per heavy atom. The van der Waals surface area contributed by atoms with E-state index in [0.29, 0.717) is 29.6 Å². The molecule has 0 radical (unpaired) electrons. The summed E-state index contributed by atoms with van der Waals surface area (Å²) in [7, 11) is 3.09. The zero-order valence-corrected chi connectivity index (χ0v) is 16.3. The van der Waals surface area contributed by atoms with Crippen molar-refractivity contribution in [1.82, 2.24) is 15.5 Å². The van der Waals surface area contributed by atoms with Crippen LogP contribution in [0.15, 0.2) is 47.8 Å². The highest BCUT2D eigenvalue weighted by molar-refractivity contribution is 7.13. The van der Waals surface area contributed by atoms with Gasteiger partial charge >= 0.3 is 6.03 Å². The largest absolute Gasteiger partial charge is 0.497 e. The van der Waals surface area contributed by atoms with E-state index < -0.39 is 0 Å². The van der Waals surface area contributed by atoms with Gasteiger partial charge in [0.1, 0.15) is 23.8 Å². The molecule has 0 unspecified atom stereocenters. The quantitative estimate of drug-likeness (QED) is 0.563. The maximum absolute atomic E-state index is 12.0.